The smallest absolute Gasteiger partial charge is 0.229 e. The third kappa shape index (κ3) is 3.52. The minimum Gasteiger partial charge on any atom is -0.504 e. The van der Waals surface area contributed by atoms with Crippen LogP contribution in [0.25, 0.3) is 0 Å². The van der Waals surface area contributed by atoms with Gasteiger partial charge in [-0.05, 0) is 24.3 Å². The fourth-order valence-electron chi connectivity index (χ4n) is 3.49. The van der Waals surface area contributed by atoms with Gasteiger partial charge in [-0.1, -0.05) is 6.07 Å². The van der Waals surface area contributed by atoms with E-state index in [9.17, 15) is 40.5 Å². The fourth-order valence-corrected chi connectivity index (χ4v) is 3.49. The summed E-state index contributed by atoms with van der Waals surface area (Å²) in [6.07, 6.45) is -8.87. The Morgan fingerprint density at radius 1 is 0.935 bits per heavy atom. The Labute approximate surface area is 174 Å². The van der Waals surface area contributed by atoms with Gasteiger partial charge in [0.15, 0.2) is 29.1 Å². The van der Waals surface area contributed by atoms with E-state index in [-0.39, 0.29) is 28.4 Å². The number of carbonyl (C=O) groups is 1. The minimum absolute atomic E-state index is 0.0382. The highest BCUT2D eigenvalue weighted by atomic mass is 16.7. The highest BCUT2D eigenvalue weighted by Crippen LogP contribution is 2.48. The van der Waals surface area contributed by atoms with Crippen molar-refractivity contribution in [3.63, 3.8) is 0 Å². The number of aliphatic hydroxyl groups excluding tert-OH is 4. The molecule has 1 fully saturated rings. The van der Waals surface area contributed by atoms with E-state index in [1.807, 2.05) is 0 Å². The number of hydrogen-bond acceptors (Lipinski definition) is 11. The molecule has 0 radical (unpaired) electrons. The molecule has 2 heterocycles. The number of fused-ring (bicyclic) bond motifs is 1. The average Bonchev–Trinajstić information content (AvgIpc) is 3.09. The number of Topliss-reactive ketones (excluding diaryl/α,β-unsaturated/α-hetero) is 1. The predicted octanol–water partition coefficient (Wildman–Crippen LogP) is -0.702. The van der Waals surface area contributed by atoms with Gasteiger partial charge in [-0.25, -0.2) is 0 Å². The first-order chi connectivity index (χ1) is 14.7. The van der Waals surface area contributed by atoms with E-state index in [0.717, 1.165) is 6.07 Å². The van der Waals surface area contributed by atoms with Crippen LogP contribution in [0.2, 0.25) is 0 Å². The van der Waals surface area contributed by atoms with Gasteiger partial charge >= 0.3 is 0 Å². The summed E-state index contributed by atoms with van der Waals surface area (Å²) in [7, 11) is 0. The Hall–Kier alpha value is -3.09. The van der Waals surface area contributed by atoms with Crippen molar-refractivity contribution in [2.45, 2.75) is 36.8 Å². The van der Waals surface area contributed by atoms with Crippen molar-refractivity contribution in [2.75, 3.05) is 6.61 Å². The molecule has 0 bridgehead atoms. The lowest BCUT2D eigenvalue weighted by Gasteiger charge is -2.39. The summed E-state index contributed by atoms with van der Waals surface area (Å²) in [6.45, 7) is -0.653. The molecule has 0 amide bonds. The lowest BCUT2D eigenvalue weighted by molar-refractivity contribution is -0.277. The van der Waals surface area contributed by atoms with E-state index in [1.54, 1.807) is 0 Å². The highest BCUT2D eigenvalue weighted by molar-refractivity contribution is 6.06. The number of ketones is 1. The van der Waals surface area contributed by atoms with Crippen LogP contribution in [-0.2, 0) is 4.74 Å². The Balaban J connectivity index is 1.59. The first-order valence-corrected chi connectivity index (χ1v) is 9.28. The predicted molar refractivity (Wildman–Crippen MR) is 100.0 cm³/mol. The van der Waals surface area contributed by atoms with Gasteiger partial charge in [-0.2, -0.15) is 0 Å². The van der Waals surface area contributed by atoms with E-state index < -0.39 is 60.7 Å². The van der Waals surface area contributed by atoms with Crippen molar-refractivity contribution >= 4 is 5.78 Å². The molecule has 2 aliphatic heterocycles. The number of aromatic hydroxyl groups is 3. The molecule has 6 atom stereocenters. The average molecular weight is 436 g/mol. The second-order valence-electron chi connectivity index (χ2n) is 7.21. The summed E-state index contributed by atoms with van der Waals surface area (Å²) in [5, 5.41) is 68.7. The van der Waals surface area contributed by atoms with E-state index in [1.165, 1.54) is 24.3 Å². The number of hydrogen-bond donors (Lipinski definition) is 7. The van der Waals surface area contributed by atoms with Gasteiger partial charge in [0, 0.05) is 5.56 Å². The molecule has 2 aliphatic rings. The molecule has 11 heteroatoms. The molecule has 0 aliphatic carbocycles. The summed E-state index contributed by atoms with van der Waals surface area (Å²) in [6, 6.07) is 6.28. The maximum atomic E-state index is 12.7. The number of benzene rings is 2. The van der Waals surface area contributed by atoms with Crippen molar-refractivity contribution in [2.24, 2.45) is 0 Å². The second-order valence-corrected chi connectivity index (χ2v) is 7.21. The van der Waals surface area contributed by atoms with Crippen LogP contribution in [0.3, 0.4) is 0 Å². The summed E-state index contributed by atoms with van der Waals surface area (Å²) in [5.74, 6) is -2.34. The zero-order chi connectivity index (χ0) is 22.4. The molecule has 31 heavy (non-hydrogen) atoms. The molecular weight excluding hydrogens is 416 g/mol. The van der Waals surface area contributed by atoms with E-state index in [4.69, 9.17) is 14.2 Å². The fraction of sp³-hybridized carbons (Fsp3) is 0.350. The van der Waals surface area contributed by atoms with Gasteiger partial charge in [-0.15, -0.1) is 0 Å². The zero-order valence-corrected chi connectivity index (χ0v) is 15.8. The SMILES string of the molecule is O=C1c2ccc(O[C@@H]3O[C@H](CO)[C@@H](O)[C@@H](O)[C@H]3O)c(O)c2O[C@H]1c1ccc(O)c(O)c1. The normalized spacial score (nSPS) is 30.0. The molecule has 0 aromatic heterocycles. The van der Waals surface area contributed by atoms with Crippen LogP contribution in [0.4, 0.5) is 0 Å². The molecule has 2 aromatic carbocycles. The van der Waals surface area contributed by atoms with Crippen molar-refractivity contribution in [1.29, 1.82) is 0 Å². The van der Waals surface area contributed by atoms with Crippen LogP contribution in [-0.4, -0.2) is 78.8 Å². The van der Waals surface area contributed by atoms with Gasteiger partial charge in [0.05, 0.1) is 12.2 Å². The van der Waals surface area contributed by atoms with Crippen LogP contribution in [0.15, 0.2) is 30.3 Å². The Bertz CT molecular complexity index is 1000. The lowest BCUT2D eigenvalue weighted by Crippen LogP contribution is -2.60. The van der Waals surface area contributed by atoms with E-state index in [0.29, 0.717) is 0 Å². The van der Waals surface area contributed by atoms with Gasteiger partial charge in [0.1, 0.15) is 24.4 Å². The molecule has 2 aromatic rings. The zero-order valence-electron chi connectivity index (χ0n) is 15.8. The molecule has 166 valence electrons. The van der Waals surface area contributed by atoms with Crippen molar-refractivity contribution in [3.8, 4) is 28.7 Å². The summed E-state index contributed by atoms with van der Waals surface area (Å²) in [5.41, 5.74) is 0.281. The molecule has 7 N–H and O–H groups in total. The van der Waals surface area contributed by atoms with Crippen LogP contribution in [0, 0.1) is 0 Å². The molecule has 1 saturated heterocycles. The number of ether oxygens (including phenoxy) is 3. The molecular formula is C20H20O11. The first kappa shape index (κ1) is 21.2. The molecule has 0 unspecified atom stereocenters. The van der Waals surface area contributed by atoms with Crippen LogP contribution >= 0.6 is 0 Å². The summed E-state index contributed by atoms with van der Waals surface area (Å²) in [4.78, 5) is 12.7. The largest absolute Gasteiger partial charge is 0.504 e. The van der Waals surface area contributed by atoms with Crippen LogP contribution in [0.5, 0.6) is 28.7 Å². The number of phenols is 3. The summed E-state index contributed by atoms with van der Waals surface area (Å²) >= 11 is 0. The molecule has 4 rings (SSSR count). The standard InChI is InChI=1S/C20H20O11/c21-6-12-14(25)16(27)17(28)20(30-12)29-11-4-2-8-13(24)18(31-19(8)15(11)26)7-1-3-9(22)10(23)5-7/h1-5,12,14,16-18,20-23,25-28H,6H2/t12-,14-,16-,17-,18+,20-/m1/s1. The number of carbonyl (C=O) groups excluding carboxylic acids is 1. The lowest BCUT2D eigenvalue weighted by atomic mass is 9.99. The van der Waals surface area contributed by atoms with Crippen molar-refractivity contribution in [1.82, 2.24) is 0 Å². The molecule has 0 saturated carbocycles. The highest BCUT2D eigenvalue weighted by Gasteiger charge is 2.45. The third-order valence-corrected chi connectivity index (χ3v) is 5.23. The van der Waals surface area contributed by atoms with Crippen LogP contribution in [0.1, 0.15) is 22.0 Å². The van der Waals surface area contributed by atoms with Gasteiger partial charge in [0.25, 0.3) is 0 Å². The number of rotatable bonds is 4. The second kappa shape index (κ2) is 7.87. The number of phenolic OH excluding ortho intramolecular Hbond substituents is 3. The maximum Gasteiger partial charge on any atom is 0.229 e. The molecule has 0 spiro atoms. The monoisotopic (exact) mass is 436 g/mol. The van der Waals surface area contributed by atoms with Crippen molar-refractivity contribution < 1.29 is 54.8 Å². The quantitative estimate of drug-likeness (QED) is 0.300. The Kier molecular flexibility index (Phi) is 5.37. The van der Waals surface area contributed by atoms with E-state index >= 15 is 0 Å². The minimum atomic E-state index is -1.69. The number of aliphatic hydroxyl groups is 4. The van der Waals surface area contributed by atoms with E-state index in [2.05, 4.69) is 0 Å². The van der Waals surface area contributed by atoms with Crippen molar-refractivity contribution in [3.05, 3.63) is 41.5 Å². The topological polar surface area (TPSA) is 186 Å². The Morgan fingerprint density at radius 2 is 1.68 bits per heavy atom. The van der Waals surface area contributed by atoms with Crippen LogP contribution < -0.4 is 9.47 Å². The maximum absolute atomic E-state index is 12.7. The Morgan fingerprint density at radius 3 is 2.35 bits per heavy atom. The van der Waals surface area contributed by atoms with Gasteiger partial charge in [-0.3, -0.25) is 4.79 Å². The third-order valence-electron chi connectivity index (χ3n) is 5.23. The van der Waals surface area contributed by atoms with Gasteiger partial charge in [0.2, 0.25) is 17.8 Å². The van der Waals surface area contributed by atoms with Gasteiger partial charge < -0.3 is 50.0 Å². The first-order valence-electron chi connectivity index (χ1n) is 9.28. The molecule has 11 nitrogen and oxygen atoms in total. The summed E-state index contributed by atoms with van der Waals surface area (Å²) < 4.78 is 16.2.